The van der Waals surface area contributed by atoms with Gasteiger partial charge in [0.15, 0.2) is 6.29 Å². The van der Waals surface area contributed by atoms with Crippen molar-refractivity contribution in [2.75, 3.05) is 39.2 Å². The Kier molecular flexibility index (Phi) is 7.94. The second-order valence-electron chi connectivity index (χ2n) is 8.55. The van der Waals surface area contributed by atoms with Gasteiger partial charge in [0, 0.05) is 45.3 Å². The lowest BCUT2D eigenvalue weighted by molar-refractivity contribution is -0.145. The molecule has 0 saturated carbocycles. The summed E-state index contributed by atoms with van der Waals surface area (Å²) in [5.74, 6) is -0.681. The van der Waals surface area contributed by atoms with Gasteiger partial charge in [0.1, 0.15) is 6.04 Å². The van der Waals surface area contributed by atoms with Crippen molar-refractivity contribution in [1.29, 1.82) is 0 Å². The van der Waals surface area contributed by atoms with Crippen LogP contribution in [0.1, 0.15) is 23.2 Å². The minimum Gasteiger partial charge on any atom is -0.468 e. The van der Waals surface area contributed by atoms with Gasteiger partial charge in [-0.05, 0) is 12.5 Å². The maximum atomic E-state index is 13.2. The highest BCUT2D eigenvalue weighted by molar-refractivity contribution is 7.89. The van der Waals surface area contributed by atoms with Gasteiger partial charge in [-0.25, -0.2) is 8.42 Å². The maximum Gasteiger partial charge on any atom is 0.325 e. The lowest BCUT2D eigenvalue weighted by atomic mass is 10.1. The average molecular weight is 494 g/mol. The van der Waals surface area contributed by atoms with Crippen LogP contribution < -0.4 is 0 Å². The van der Waals surface area contributed by atoms with Crippen molar-refractivity contribution >= 4 is 16.0 Å². The first-order chi connectivity index (χ1) is 16.3. The third-order valence-corrected chi connectivity index (χ3v) is 7.79. The fraction of sp³-hybridized carbons (Fsp3) is 0.591. The van der Waals surface area contributed by atoms with Gasteiger partial charge in [-0.2, -0.15) is 4.31 Å². The third-order valence-electron chi connectivity index (χ3n) is 5.99. The summed E-state index contributed by atoms with van der Waals surface area (Å²) in [4.78, 5) is 14.6. The molecule has 0 amide bonds. The largest absolute Gasteiger partial charge is 0.468 e. The molecular formula is C22H31N5O6S. The molecular weight excluding hydrogens is 462 g/mol. The Bertz CT molecular complexity index is 1070. The van der Waals surface area contributed by atoms with E-state index < -0.39 is 22.0 Å². The molecule has 2 aromatic rings. The molecule has 34 heavy (non-hydrogen) atoms. The van der Waals surface area contributed by atoms with Gasteiger partial charge in [-0.15, -0.1) is 5.10 Å². The van der Waals surface area contributed by atoms with Crippen LogP contribution in [0.2, 0.25) is 0 Å². The molecule has 0 spiro atoms. The number of esters is 1. The van der Waals surface area contributed by atoms with Crippen LogP contribution in [0.5, 0.6) is 0 Å². The molecule has 11 nitrogen and oxygen atoms in total. The zero-order chi connectivity index (χ0) is 24.1. The van der Waals surface area contributed by atoms with Crippen LogP contribution in [-0.4, -0.2) is 90.1 Å². The summed E-state index contributed by atoms with van der Waals surface area (Å²) >= 11 is 0. The molecule has 1 aromatic heterocycles. The molecule has 1 aromatic carbocycles. The Morgan fingerprint density at radius 2 is 1.91 bits per heavy atom. The number of ether oxygens (including phenoxy) is 3. The van der Waals surface area contributed by atoms with Gasteiger partial charge in [-0.1, -0.05) is 35.0 Å². The monoisotopic (exact) mass is 493 g/mol. The summed E-state index contributed by atoms with van der Waals surface area (Å²) in [6, 6.07) is 6.65. The van der Waals surface area contributed by atoms with E-state index >= 15 is 0 Å². The SMILES string of the molecule is COC(=O)C1CN(Cc2cn(CCC3OCCO3)nn2)CCS(=O)(=O)N1Cc1ccc(C)cc1. The molecule has 2 saturated heterocycles. The second-order valence-corrected chi connectivity index (χ2v) is 10.6. The predicted octanol–water partition coefficient (Wildman–Crippen LogP) is 0.539. The van der Waals surface area contributed by atoms with Crippen molar-refractivity contribution in [2.24, 2.45) is 0 Å². The van der Waals surface area contributed by atoms with Crippen molar-refractivity contribution in [2.45, 2.75) is 45.3 Å². The highest BCUT2D eigenvalue weighted by Gasteiger charge is 2.40. The number of carbonyl (C=O) groups excluding carboxylic acids is 1. The van der Waals surface area contributed by atoms with E-state index in [2.05, 4.69) is 10.3 Å². The van der Waals surface area contributed by atoms with E-state index in [0.717, 1.165) is 11.1 Å². The summed E-state index contributed by atoms with van der Waals surface area (Å²) in [5, 5.41) is 8.37. The number of benzene rings is 1. The molecule has 0 N–H and O–H groups in total. The molecule has 0 radical (unpaired) electrons. The molecule has 0 bridgehead atoms. The fourth-order valence-electron chi connectivity index (χ4n) is 4.10. The van der Waals surface area contributed by atoms with Gasteiger partial charge in [-0.3, -0.25) is 14.4 Å². The molecule has 1 unspecified atom stereocenters. The summed E-state index contributed by atoms with van der Waals surface area (Å²) in [6.45, 7) is 4.73. The summed E-state index contributed by atoms with van der Waals surface area (Å²) in [7, 11) is -2.41. The Balaban J connectivity index is 1.45. The number of carbonyl (C=O) groups is 1. The minimum absolute atomic E-state index is 0.100. The first-order valence-electron chi connectivity index (χ1n) is 11.3. The Labute approximate surface area is 199 Å². The van der Waals surface area contributed by atoms with E-state index in [4.69, 9.17) is 14.2 Å². The first-order valence-corrected chi connectivity index (χ1v) is 12.9. The fourth-order valence-corrected chi connectivity index (χ4v) is 5.71. The van der Waals surface area contributed by atoms with Gasteiger partial charge in [0.2, 0.25) is 10.0 Å². The minimum atomic E-state index is -3.69. The smallest absolute Gasteiger partial charge is 0.325 e. The van der Waals surface area contributed by atoms with Crippen LogP contribution in [0.15, 0.2) is 30.5 Å². The van der Waals surface area contributed by atoms with Crippen LogP contribution in [-0.2, 0) is 48.7 Å². The van der Waals surface area contributed by atoms with E-state index in [-0.39, 0.29) is 31.7 Å². The topological polar surface area (TPSA) is 116 Å². The van der Waals surface area contributed by atoms with E-state index in [9.17, 15) is 13.2 Å². The average Bonchev–Trinajstić information content (AvgIpc) is 3.48. The molecule has 3 heterocycles. The molecule has 4 rings (SSSR count). The quantitative estimate of drug-likeness (QED) is 0.486. The number of rotatable bonds is 8. The zero-order valence-corrected chi connectivity index (χ0v) is 20.3. The van der Waals surface area contributed by atoms with Crippen molar-refractivity contribution in [3.8, 4) is 0 Å². The Hall–Kier alpha value is -2.38. The number of aryl methyl sites for hydroxylation is 2. The summed E-state index contributed by atoms with van der Waals surface area (Å²) < 4.78 is 45.2. The molecule has 2 fully saturated rings. The van der Waals surface area contributed by atoms with Crippen molar-refractivity contribution in [3.05, 3.63) is 47.3 Å². The van der Waals surface area contributed by atoms with Crippen molar-refractivity contribution in [1.82, 2.24) is 24.2 Å². The van der Waals surface area contributed by atoms with Crippen molar-refractivity contribution in [3.63, 3.8) is 0 Å². The summed E-state index contributed by atoms with van der Waals surface area (Å²) in [5.41, 5.74) is 2.59. The summed E-state index contributed by atoms with van der Waals surface area (Å²) in [6.07, 6.45) is 2.28. The lowest BCUT2D eigenvalue weighted by Crippen LogP contribution is -2.48. The molecule has 0 aliphatic carbocycles. The van der Waals surface area contributed by atoms with Crippen LogP contribution in [0.25, 0.3) is 0 Å². The molecule has 2 aliphatic heterocycles. The molecule has 1 atom stereocenters. The highest BCUT2D eigenvalue weighted by atomic mass is 32.2. The van der Waals surface area contributed by atoms with Gasteiger partial charge in [0.05, 0.1) is 31.8 Å². The van der Waals surface area contributed by atoms with Crippen LogP contribution in [0, 0.1) is 6.92 Å². The number of sulfonamides is 1. The van der Waals surface area contributed by atoms with Gasteiger partial charge in [0.25, 0.3) is 0 Å². The second kappa shape index (κ2) is 10.9. The van der Waals surface area contributed by atoms with E-state index in [1.807, 2.05) is 42.3 Å². The van der Waals surface area contributed by atoms with Crippen LogP contribution in [0.3, 0.4) is 0 Å². The van der Waals surface area contributed by atoms with E-state index in [1.165, 1.54) is 11.4 Å². The number of hydrogen-bond acceptors (Lipinski definition) is 9. The lowest BCUT2D eigenvalue weighted by Gasteiger charge is -2.28. The first kappa shape index (κ1) is 24.7. The standard InChI is InChI=1S/C22H31N5O6S/c1-17-3-5-18(6-4-17)13-27-20(22(28)31-2)16-25(9-12-34(27,29)30)14-19-15-26(24-23-19)8-7-21-32-10-11-33-21/h3-6,15,20-21H,7-14,16H2,1-2H3. The molecule has 186 valence electrons. The van der Waals surface area contributed by atoms with Crippen LogP contribution in [0.4, 0.5) is 0 Å². The number of nitrogens with zero attached hydrogens (tertiary/aromatic N) is 5. The van der Waals surface area contributed by atoms with E-state index in [1.54, 1.807) is 4.68 Å². The van der Waals surface area contributed by atoms with E-state index in [0.29, 0.717) is 38.4 Å². The number of hydrogen-bond donors (Lipinski definition) is 0. The predicted molar refractivity (Wildman–Crippen MR) is 122 cm³/mol. The van der Waals surface area contributed by atoms with Gasteiger partial charge < -0.3 is 14.2 Å². The van der Waals surface area contributed by atoms with Crippen LogP contribution >= 0.6 is 0 Å². The number of aromatic nitrogens is 3. The van der Waals surface area contributed by atoms with Gasteiger partial charge >= 0.3 is 5.97 Å². The Morgan fingerprint density at radius 1 is 1.18 bits per heavy atom. The number of methoxy groups -OCH3 is 1. The zero-order valence-electron chi connectivity index (χ0n) is 19.5. The third kappa shape index (κ3) is 6.19. The molecule has 12 heteroatoms. The highest BCUT2D eigenvalue weighted by Crippen LogP contribution is 2.21. The molecule has 2 aliphatic rings. The normalized spacial score (nSPS) is 22.0. The van der Waals surface area contributed by atoms with Crippen molar-refractivity contribution < 1.29 is 27.4 Å². The Morgan fingerprint density at radius 3 is 2.62 bits per heavy atom. The maximum absolute atomic E-state index is 13.2.